The van der Waals surface area contributed by atoms with Crippen molar-refractivity contribution in [2.45, 2.75) is 98.2 Å². The van der Waals surface area contributed by atoms with E-state index in [2.05, 4.69) is 15.2 Å². The van der Waals surface area contributed by atoms with E-state index in [1.165, 1.54) is 11.1 Å². The van der Waals surface area contributed by atoms with Gasteiger partial charge in [-0.25, -0.2) is 14.6 Å². The van der Waals surface area contributed by atoms with Crippen molar-refractivity contribution < 1.29 is 37.6 Å². The molecule has 1 aliphatic rings. The van der Waals surface area contributed by atoms with Crippen LogP contribution < -0.4 is 10.4 Å². The largest absolute Gasteiger partial charge is 0.496 e. The second-order valence-corrected chi connectivity index (χ2v) is 14.1. The maximum absolute atomic E-state index is 13.0. The van der Waals surface area contributed by atoms with Gasteiger partial charge in [0.05, 0.1) is 16.8 Å². The van der Waals surface area contributed by atoms with E-state index in [0.29, 0.717) is 24.0 Å². The van der Waals surface area contributed by atoms with Gasteiger partial charge in [-0.3, -0.25) is 4.79 Å². The van der Waals surface area contributed by atoms with Gasteiger partial charge in [0.15, 0.2) is 5.82 Å². The smallest absolute Gasteiger partial charge is 0.444 e. The minimum absolute atomic E-state index is 0.0000107. The van der Waals surface area contributed by atoms with E-state index in [1.54, 1.807) is 46.0 Å². The van der Waals surface area contributed by atoms with Crippen molar-refractivity contribution in [3.63, 3.8) is 0 Å². The Labute approximate surface area is 269 Å². The van der Waals surface area contributed by atoms with Gasteiger partial charge in [-0.15, -0.1) is 10.2 Å². The van der Waals surface area contributed by atoms with Crippen LogP contribution in [0.5, 0.6) is 0 Å². The van der Waals surface area contributed by atoms with E-state index in [1.807, 2.05) is 60.6 Å². The molecule has 4 rings (SSSR count). The van der Waals surface area contributed by atoms with Crippen molar-refractivity contribution >= 4 is 37.0 Å². The quantitative estimate of drug-likeness (QED) is 0.244. The van der Waals surface area contributed by atoms with Gasteiger partial charge in [0, 0.05) is 30.8 Å². The molecule has 2 aromatic heterocycles. The Kier molecular flexibility index (Phi) is 9.38. The molecule has 0 radical (unpaired) electrons. The zero-order valence-corrected chi connectivity index (χ0v) is 28.3. The van der Waals surface area contributed by atoms with E-state index >= 15 is 0 Å². The molecule has 1 saturated heterocycles. The van der Waals surface area contributed by atoms with Crippen LogP contribution in [0.15, 0.2) is 40.9 Å². The van der Waals surface area contributed by atoms with Crippen LogP contribution in [0.1, 0.15) is 74.8 Å². The molecule has 0 atom stereocenters. The molecule has 246 valence electrons. The van der Waals surface area contributed by atoms with Crippen LogP contribution in [0.4, 0.5) is 15.4 Å². The summed E-state index contributed by atoms with van der Waals surface area (Å²) in [5.41, 5.74) is -0.520. The summed E-state index contributed by atoms with van der Waals surface area (Å²) < 4.78 is 29.3. The number of anilines is 1. The number of benzene rings is 1. The van der Waals surface area contributed by atoms with Crippen molar-refractivity contribution in [3.8, 4) is 22.9 Å². The summed E-state index contributed by atoms with van der Waals surface area (Å²) in [6.07, 6.45) is 0.428. The van der Waals surface area contributed by atoms with Crippen LogP contribution in [-0.2, 0) is 30.1 Å². The van der Waals surface area contributed by atoms with Crippen molar-refractivity contribution in [1.29, 1.82) is 0 Å². The van der Waals surface area contributed by atoms with Gasteiger partial charge < -0.3 is 28.1 Å². The average molecular weight is 636 g/mol. The molecular weight excluding hydrogens is 593 g/mol. The van der Waals surface area contributed by atoms with Crippen LogP contribution in [0.25, 0.3) is 22.9 Å². The average Bonchev–Trinajstić information content (AvgIpc) is 3.49. The zero-order valence-electron chi connectivity index (χ0n) is 28.3. The van der Waals surface area contributed by atoms with Gasteiger partial charge in [-0.2, -0.15) is 4.90 Å². The standard InChI is InChI=1S/C32H42BN5O8/c1-29(2,3)43-27(40)37(11)18-20-12-14-21(15-13-20)25-35-36-26(42-25)23-16-22(33-45-31(7,8)32(9,10)46-33)17-34-24(23)38(19-39)28(41)44-30(4,5)6/h12-17,19H,18H2,1-11H3. The molecule has 3 heterocycles. The third-order valence-electron chi connectivity index (χ3n) is 7.32. The van der Waals surface area contributed by atoms with Crippen LogP contribution >= 0.6 is 0 Å². The highest BCUT2D eigenvalue weighted by molar-refractivity contribution is 6.62. The first-order chi connectivity index (χ1) is 21.2. The van der Waals surface area contributed by atoms with Gasteiger partial charge in [0.1, 0.15) is 11.2 Å². The Bertz CT molecular complexity index is 1570. The molecule has 0 bridgehead atoms. The van der Waals surface area contributed by atoms with Crippen molar-refractivity contribution in [3.05, 3.63) is 42.1 Å². The Morgan fingerprint density at radius 3 is 1.98 bits per heavy atom. The third kappa shape index (κ3) is 7.91. The van der Waals surface area contributed by atoms with Gasteiger partial charge in [-0.05, 0) is 93.0 Å². The maximum atomic E-state index is 13.0. The molecule has 13 nitrogen and oxygen atoms in total. The Hall–Kier alpha value is -4.30. The number of rotatable bonds is 7. The minimum Gasteiger partial charge on any atom is -0.444 e. The first-order valence-electron chi connectivity index (χ1n) is 14.9. The monoisotopic (exact) mass is 635 g/mol. The van der Waals surface area contributed by atoms with Crippen LogP contribution in [0.3, 0.4) is 0 Å². The zero-order chi connectivity index (χ0) is 34.2. The van der Waals surface area contributed by atoms with Gasteiger partial charge in [0.25, 0.3) is 5.89 Å². The number of nitrogens with zero attached hydrogens (tertiary/aromatic N) is 5. The minimum atomic E-state index is -0.925. The molecule has 3 amide bonds. The Morgan fingerprint density at radius 1 is 0.891 bits per heavy atom. The lowest BCUT2D eigenvalue weighted by Gasteiger charge is -2.32. The maximum Gasteiger partial charge on any atom is 0.496 e. The molecule has 3 aromatic rings. The normalized spacial score (nSPS) is 15.8. The number of ether oxygens (including phenoxy) is 2. The molecule has 1 aliphatic heterocycles. The summed E-state index contributed by atoms with van der Waals surface area (Å²) in [5.74, 6) is 0.115. The third-order valence-corrected chi connectivity index (χ3v) is 7.32. The molecule has 0 spiro atoms. The van der Waals surface area contributed by atoms with Gasteiger partial charge >= 0.3 is 19.3 Å². The summed E-state index contributed by atoms with van der Waals surface area (Å²) >= 11 is 0. The molecule has 14 heteroatoms. The van der Waals surface area contributed by atoms with Crippen molar-refractivity contribution in [1.82, 2.24) is 20.1 Å². The molecule has 0 aliphatic carbocycles. The Morgan fingerprint density at radius 2 is 1.43 bits per heavy atom. The fourth-order valence-electron chi connectivity index (χ4n) is 4.30. The number of aromatic nitrogens is 3. The molecule has 1 fully saturated rings. The van der Waals surface area contributed by atoms with Gasteiger partial charge in [0.2, 0.25) is 12.3 Å². The summed E-state index contributed by atoms with van der Waals surface area (Å²) in [6.45, 7) is 18.5. The SMILES string of the molecule is CN(Cc1ccc(-c2nnc(-c3cc(B4OC(C)(C)C(C)(C)O4)cnc3N(C=O)C(=O)OC(C)(C)C)o2)cc1)C(=O)OC(C)(C)C. The number of amides is 3. The fourth-order valence-corrected chi connectivity index (χ4v) is 4.30. The highest BCUT2D eigenvalue weighted by Crippen LogP contribution is 2.37. The van der Waals surface area contributed by atoms with E-state index in [-0.39, 0.29) is 23.2 Å². The molecule has 0 saturated carbocycles. The summed E-state index contributed by atoms with van der Waals surface area (Å²) in [6, 6.07) is 8.88. The van der Waals surface area contributed by atoms with Gasteiger partial charge in [-0.1, -0.05) is 12.1 Å². The summed E-state index contributed by atoms with van der Waals surface area (Å²) in [7, 11) is 0.875. The number of pyridine rings is 1. The molecule has 0 N–H and O–H groups in total. The first-order valence-corrected chi connectivity index (χ1v) is 14.9. The lowest BCUT2D eigenvalue weighted by molar-refractivity contribution is -0.107. The highest BCUT2D eigenvalue weighted by Gasteiger charge is 2.52. The van der Waals surface area contributed by atoms with Crippen molar-refractivity contribution in [2.75, 3.05) is 11.9 Å². The predicted molar refractivity (Wildman–Crippen MR) is 171 cm³/mol. The number of hydrogen-bond donors (Lipinski definition) is 0. The topological polar surface area (TPSA) is 146 Å². The molecule has 1 aromatic carbocycles. The van der Waals surface area contributed by atoms with E-state index < -0.39 is 41.7 Å². The fraction of sp³-hybridized carbons (Fsp3) is 0.500. The molecule has 46 heavy (non-hydrogen) atoms. The van der Waals surface area contributed by atoms with E-state index in [9.17, 15) is 14.4 Å². The lowest BCUT2D eigenvalue weighted by atomic mass is 9.79. The highest BCUT2D eigenvalue weighted by atomic mass is 16.7. The van der Waals surface area contributed by atoms with E-state index in [0.717, 1.165) is 10.5 Å². The predicted octanol–water partition coefficient (Wildman–Crippen LogP) is 5.36. The van der Waals surface area contributed by atoms with Crippen LogP contribution in [0, 0.1) is 0 Å². The number of imide groups is 1. The van der Waals surface area contributed by atoms with Crippen molar-refractivity contribution in [2.24, 2.45) is 0 Å². The summed E-state index contributed by atoms with van der Waals surface area (Å²) in [4.78, 5) is 44.3. The lowest BCUT2D eigenvalue weighted by Crippen LogP contribution is -2.41. The molecular formula is C32H42BN5O8. The second-order valence-electron chi connectivity index (χ2n) is 14.1. The number of carbonyl (C=O) groups is 3. The first kappa shape index (κ1) is 34.6. The molecule has 0 unspecified atom stereocenters. The number of carbonyl (C=O) groups excluding carboxylic acids is 3. The van der Waals surface area contributed by atoms with E-state index in [4.69, 9.17) is 23.2 Å². The summed E-state index contributed by atoms with van der Waals surface area (Å²) in [5, 5.41) is 8.44. The van der Waals surface area contributed by atoms with Crippen LogP contribution in [0.2, 0.25) is 0 Å². The Balaban J connectivity index is 1.67. The van der Waals surface area contributed by atoms with Crippen LogP contribution in [-0.4, -0.2) is 75.2 Å². The second kappa shape index (κ2) is 12.5. The number of hydrogen-bond acceptors (Lipinski definition) is 11.